The fraction of sp³-hybridized carbons (Fsp3) is 0.818. The zero-order valence-electron chi connectivity index (χ0n) is 9.22. The summed E-state index contributed by atoms with van der Waals surface area (Å²) in [6.07, 6.45) is 3.56. The Bertz CT molecular complexity index is 284. The lowest BCUT2D eigenvalue weighted by molar-refractivity contribution is -0.143. The van der Waals surface area contributed by atoms with Crippen LogP contribution in [0.2, 0.25) is 0 Å². The number of aliphatic carboxylic acids is 1. The van der Waals surface area contributed by atoms with Crippen LogP contribution in [0.25, 0.3) is 0 Å². The van der Waals surface area contributed by atoms with Gasteiger partial charge in [0.25, 0.3) is 0 Å². The molecule has 2 fully saturated rings. The SMILES string of the molecule is O=C(O)C1CCC(N2CCCOC2=O)CC1. The van der Waals surface area contributed by atoms with E-state index in [0.717, 1.165) is 25.8 Å². The van der Waals surface area contributed by atoms with Gasteiger partial charge in [-0.05, 0) is 32.1 Å². The van der Waals surface area contributed by atoms with E-state index in [1.807, 2.05) is 0 Å². The van der Waals surface area contributed by atoms with Gasteiger partial charge in [0.2, 0.25) is 0 Å². The molecule has 16 heavy (non-hydrogen) atoms. The van der Waals surface area contributed by atoms with E-state index in [9.17, 15) is 9.59 Å². The Labute approximate surface area is 94.4 Å². The predicted octanol–water partition coefficient (Wildman–Crippen LogP) is 1.47. The van der Waals surface area contributed by atoms with E-state index in [4.69, 9.17) is 9.84 Å². The Hall–Kier alpha value is -1.26. The first-order chi connectivity index (χ1) is 7.68. The molecule has 5 heteroatoms. The highest BCUT2D eigenvalue weighted by molar-refractivity contribution is 5.70. The van der Waals surface area contributed by atoms with Crippen molar-refractivity contribution in [2.75, 3.05) is 13.2 Å². The highest BCUT2D eigenvalue weighted by atomic mass is 16.6. The number of amides is 1. The summed E-state index contributed by atoms with van der Waals surface area (Å²) in [5, 5.41) is 8.88. The van der Waals surface area contributed by atoms with Crippen molar-refractivity contribution in [3.63, 3.8) is 0 Å². The Balaban J connectivity index is 1.88. The van der Waals surface area contributed by atoms with Crippen LogP contribution in [0.15, 0.2) is 0 Å². The largest absolute Gasteiger partial charge is 0.481 e. The molecule has 1 aliphatic heterocycles. The molecule has 1 heterocycles. The van der Waals surface area contributed by atoms with Gasteiger partial charge in [0, 0.05) is 12.6 Å². The van der Waals surface area contributed by atoms with Crippen molar-refractivity contribution in [2.45, 2.75) is 38.1 Å². The zero-order chi connectivity index (χ0) is 11.5. The number of carboxylic acid groups (broad SMARTS) is 1. The molecule has 5 nitrogen and oxygen atoms in total. The van der Waals surface area contributed by atoms with Gasteiger partial charge in [-0.1, -0.05) is 0 Å². The van der Waals surface area contributed by atoms with Crippen LogP contribution in [0.1, 0.15) is 32.1 Å². The minimum absolute atomic E-state index is 0.184. The Morgan fingerprint density at radius 3 is 2.56 bits per heavy atom. The predicted molar refractivity (Wildman–Crippen MR) is 56.1 cm³/mol. The highest BCUT2D eigenvalue weighted by Crippen LogP contribution is 2.29. The molecule has 2 aliphatic rings. The summed E-state index contributed by atoms with van der Waals surface area (Å²) in [6, 6.07) is 0.184. The minimum atomic E-state index is -0.709. The van der Waals surface area contributed by atoms with Gasteiger partial charge < -0.3 is 14.7 Å². The monoisotopic (exact) mass is 227 g/mol. The lowest BCUT2D eigenvalue weighted by Gasteiger charge is -2.37. The molecule has 1 N–H and O–H groups in total. The molecule has 1 saturated carbocycles. The minimum Gasteiger partial charge on any atom is -0.481 e. The van der Waals surface area contributed by atoms with Gasteiger partial charge >= 0.3 is 12.1 Å². The second-order valence-corrected chi connectivity index (χ2v) is 4.51. The van der Waals surface area contributed by atoms with Crippen LogP contribution in [0, 0.1) is 5.92 Å². The maximum absolute atomic E-state index is 11.5. The standard InChI is InChI=1S/C11H17NO4/c13-10(14)8-2-4-9(5-3-8)12-6-1-7-16-11(12)15/h8-9H,1-7H2,(H,13,14). The molecular formula is C11H17NO4. The average Bonchev–Trinajstić information content (AvgIpc) is 2.30. The highest BCUT2D eigenvalue weighted by Gasteiger charge is 2.33. The number of ether oxygens (including phenoxy) is 1. The number of hydrogen-bond acceptors (Lipinski definition) is 3. The molecule has 2 rings (SSSR count). The van der Waals surface area contributed by atoms with Crippen molar-refractivity contribution in [1.82, 2.24) is 4.90 Å². The molecule has 1 aliphatic carbocycles. The molecule has 1 saturated heterocycles. The van der Waals surface area contributed by atoms with Crippen molar-refractivity contribution in [3.8, 4) is 0 Å². The topological polar surface area (TPSA) is 66.8 Å². The fourth-order valence-electron chi connectivity index (χ4n) is 2.53. The van der Waals surface area contributed by atoms with Gasteiger partial charge in [0.15, 0.2) is 0 Å². The summed E-state index contributed by atoms with van der Waals surface area (Å²) in [7, 11) is 0. The maximum Gasteiger partial charge on any atom is 0.410 e. The van der Waals surface area contributed by atoms with Crippen molar-refractivity contribution < 1.29 is 19.4 Å². The van der Waals surface area contributed by atoms with E-state index in [1.54, 1.807) is 4.90 Å². The number of carbonyl (C=O) groups is 2. The molecular weight excluding hydrogens is 210 g/mol. The van der Waals surface area contributed by atoms with Crippen molar-refractivity contribution >= 4 is 12.1 Å². The smallest absolute Gasteiger partial charge is 0.410 e. The van der Waals surface area contributed by atoms with E-state index in [-0.39, 0.29) is 18.1 Å². The third-order valence-electron chi connectivity index (χ3n) is 3.49. The first-order valence-corrected chi connectivity index (χ1v) is 5.84. The lowest BCUT2D eigenvalue weighted by atomic mass is 9.85. The molecule has 0 aromatic rings. The van der Waals surface area contributed by atoms with Crippen LogP contribution < -0.4 is 0 Å². The Morgan fingerprint density at radius 1 is 1.31 bits per heavy atom. The number of rotatable bonds is 2. The summed E-state index contributed by atoms with van der Waals surface area (Å²) in [6.45, 7) is 1.26. The van der Waals surface area contributed by atoms with Crippen LogP contribution in [0.5, 0.6) is 0 Å². The van der Waals surface area contributed by atoms with Gasteiger partial charge in [-0.3, -0.25) is 4.79 Å². The van der Waals surface area contributed by atoms with E-state index < -0.39 is 5.97 Å². The second kappa shape index (κ2) is 4.72. The molecule has 90 valence electrons. The van der Waals surface area contributed by atoms with Gasteiger partial charge in [-0.15, -0.1) is 0 Å². The third-order valence-corrected chi connectivity index (χ3v) is 3.49. The first-order valence-electron chi connectivity index (χ1n) is 5.84. The normalized spacial score (nSPS) is 31.0. The van der Waals surface area contributed by atoms with E-state index >= 15 is 0 Å². The zero-order valence-corrected chi connectivity index (χ0v) is 9.22. The number of hydrogen-bond donors (Lipinski definition) is 1. The molecule has 1 amide bonds. The van der Waals surface area contributed by atoms with Crippen LogP contribution in [0.3, 0.4) is 0 Å². The lowest BCUT2D eigenvalue weighted by Crippen LogP contribution is -2.46. The number of carbonyl (C=O) groups excluding carboxylic acids is 1. The molecule has 0 spiro atoms. The van der Waals surface area contributed by atoms with E-state index in [0.29, 0.717) is 19.4 Å². The van der Waals surface area contributed by atoms with Crippen molar-refractivity contribution in [1.29, 1.82) is 0 Å². The third kappa shape index (κ3) is 2.28. The summed E-state index contributed by atoms with van der Waals surface area (Å²) in [4.78, 5) is 24.1. The molecule has 0 bridgehead atoms. The summed E-state index contributed by atoms with van der Waals surface area (Å²) in [5.74, 6) is -0.934. The quantitative estimate of drug-likeness (QED) is 0.775. The maximum atomic E-state index is 11.5. The molecule has 0 atom stereocenters. The van der Waals surface area contributed by atoms with Gasteiger partial charge in [-0.25, -0.2) is 4.79 Å². The Kier molecular flexibility index (Phi) is 3.31. The second-order valence-electron chi connectivity index (χ2n) is 4.51. The summed E-state index contributed by atoms with van der Waals surface area (Å²) in [5.41, 5.74) is 0. The average molecular weight is 227 g/mol. The van der Waals surface area contributed by atoms with Crippen molar-refractivity contribution in [3.05, 3.63) is 0 Å². The van der Waals surface area contributed by atoms with Crippen LogP contribution in [-0.4, -0.2) is 41.3 Å². The van der Waals surface area contributed by atoms with Crippen molar-refractivity contribution in [2.24, 2.45) is 5.92 Å². The van der Waals surface area contributed by atoms with Gasteiger partial charge in [0.05, 0.1) is 12.5 Å². The van der Waals surface area contributed by atoms with Crippen LogP contribution in [0.4, 0.5) is 4.79 Å². The fourth-order valence-corrected chi connectivity index (χ4v) is 2.53. The molecule has 0 radical (unpaired) electrons. The first kappa shape index (κ1) is 11.2. The number of nitrogens with zero attached hydrogens (tertiary/aromatic N) is 1. The Morgan fingerprint density at radius 2 is 2.00 bits per heavy atom. The van der Waals surface area contributed by atoms with Gasteiger partial charge in [0.1, 0.15) is 0 Å². The number of carboxylic acids is 1. The summed E-state index contributed by atoms with van der Waals surface area (Å²) >= 11 is 0. The van der Waals surface area contributed by atoms with Crippen LogP contribution >= 0.6 is 0 Å². The molecule has 0 aromatic carbocycles. The molecule has 0 aromatic heterocycles. The van der Waals surface area contributed by atoms with E-state index in [1.165, 1.54) is 0 Å². The number of cyclic esters (lactones) is 1. The summed E-state index contributed by atoms with van der Waals surface area (Å²) < 4.78 is 4.99. The molecule has 0 unspecified atom stereocenters. The van der Waals surface area contributed by atoms with Gasteiger partial charge in [-0.2, -0.15) is 0 Å². The van der Waals surface area contributed by atoms with E-state index in [2.05, 4.69) is 0 Å². The van der Waals surface area contributed by atoms with Crippen LogP contribution in [-0.2, 0) is 9.53 Å².